The minimum Gasteiger partial charge on any atom is -0.490 e. The summed E-state index contributed by atoms with van der Waals surface area (Å²) in [6, 6.07) is 0. The molecule has 0 N–H and O–H groups in total. The SMILES string of the molecule is CC(C)(C)c1ncnc2[n-]n[c-]c12.[U].[Y]. The van der Waals surface area contributed by atoms with Crippen LogP contribution in [0.15, 0.2) is 6.33 Å². The molecule has 0 unspecified atom stereocenters. The Morgan fingerprint density at radius 2 is 1.93 bits per heavy atom. The Labute approximate surface area is 138 Å². The van der Waals surface area contributed by atoms with Crippen molar-refractivity contribution in [2.45, 2.75) is 26.2 Å². The summed E-state index contributed by atoms with van der Waals surface area (Å²) in [5.41, 5.74) is 1.55. The maximum absolute atomic E-state index is 4.23. The van der Waals surface area contributed by atoms with E-state index in [1.54, 1.807) is 0 Å². The van der Waals surface area contributed by atoms with Gasteiger partial charge in [-0.3, -0.25) is 0 Å². The first-order chi connectivity index (χ1) is 6.09. The first-order valence-corrected chi connectivity index (χ1v) is 4.11. The molecule has 0 amide bonds. The third-order valence-electron chi connectivity index (χ3n) is 1.84. The van der Waals surface area contributed by atoms with Crippen LogP contribution in [0.1, 0.15) is 26.5 Å². The summed E-state index contributed by atoms with van der Waals surface area (Å²) in [7, 11) is 0. The first kappa shape index (κ1) is 15.7. The largest absolute Gasteiger partial charge is 0.490 e. The maximum Gasteiger partial charge on any atom is 0 e. The van der Waals surface area contributed by atoms with Crippen molar-refractivity contribution in [2.75, 3.05) is 0 Å². The Bertz CT molecular complexity index is 435. The van der Waals surface area contributed by atoms with Crippen molar-refractivity contribution in [1.82, 2.24) is 20.2 Å². The zero-order valence-electron chi connectivity index (χ0n) is 8.94. The minimum absolute atomic E-state index is 0. The summed E-state index contributed by atoms with van der Waals surface area (Å²) >= 11 is 0. The van der Waals surface area contributed by atoms with Crippen LogP contribution >= 0.6 is 0 Å². The van der Waals surface area contributed by atoms with Gasteiger partial charge in [0.25, 0.3) is 0 Å². The van der Waals surface area contributed by atoms with E-state index < -0.39 is 0 Å². The fourth-order valence-corrected chi connectivity index (χ4v) is 1.25. The van der Waals surface area contributed by atoms with Crippen LogP contribution in [0.5, 0.6) is 0 Å². The fraction of sp³-hybridized carbons (Fsp3) is 0.444. The molecule has 0 aliphatic rings. The second-order valence-corrected chi connectivity index (χ2v) is 3.98. The van der Waals surface area contributed by atoms with Gasteiger partial charge in [-0.25, -0.2) is 0 Å². The molecule has 0 aliphatic carbocycles. The van der Waals surface area contributed by atoms with Gasteiger partial charge in [0.05, 0.1) is 0 Å². The van der Waals surface area contributed by atoms with Crippen molar-refractivity contribution in [2.24, 2.45) is 0 Å². The molecule has 1 radical (unpaired) electrons. The van der Waals surface area contributed by atoms with E-state index in [9.17, 15) is 0 Å². The van der Waals surface area contributed by atoms with Crippen molar-refractivity contribution >= 4 is 11.0 Å². The van der Waals surface area contributed by atoms with Crippen LogP contribution < -0.4 is 5.10 Å². The zero-order valence-corrected chi connectivity index (χ0v) is 15.9. The topological polar surface area (TPSA) is 52.8 Å². The van der Waals surface area contributed by atoms with Gasteiger partial charge in [-0.2, -0.15) is 11.0 Å². The Kier molecular flexibility index (Phi) is 6.14. The van der Waals surface area contributed by atoms with Gasteiger partial charge in [0.1, 0.15) is 0 Å². The van der Waals surface area contributed by atoms with Crippen molar-refractivity contribution in [1.29, 1.82) is 0 Å². The fourth-order valence-electron chi connectivity index (χ4n) is 1.25. The van der Waals surface area contributed by atoms with E-state index in [4.69, 9.17) is 0 Å². The molecule has 0 fully saturated rings. The van der Waals surface area contributed by atoms with E-state index in [2.05, 4.69) is 47.1 Å². The van der Waals surface area contributed by atoms with Gasteiger partial charge in [0, 0.05) is 63.8 Å². The van der Waals surface area contributed by atoms with Gasteiger partial charge in [-0.05, 0) is 11.7 Å². The molecule has 0 spiro atoms. The van der Waals surface area contributed by atoms with Crippen LogP contribution in [-0.4, -0.2) is 15.1 Å². The number of fused-ring (bicyclic) bond motifs is 1. The van der Waals surface area contributed by atoms with E-state index in [-0.39, 0.29) is 69.2 Å². The van der Waals surface area contributed by atoms with Crippen LogP contribution in [0, 0.1) is 37.3 Å². The minimum atomic E-state index is -0.0184. The molecule has 15 heavy (non-hydrogen) atoms. The standard InChI is InChI=1S/C9H10N4.U.Y/c1-9(2,3)7-6-4-12-13-8(6)11-5-10-7;;/h5H,1-3H3;;/q-2;;. The van der Waals surface area contributed by atoms with Crippen molar-refractivity contribution in [3.63, 3.8) is 0 Å². The predicted octanol–water partition coefficient (Wildman–Crippen LogP) is 1.08. The number of aromatic nitrogens is 4. The Morgan fingerprint density at radius 3 is 2.53 bits per heavy atom. The molecule has 2 heterocycles. The maximum atomic E-state index is 4.23. The second-order valence-electron chi connectivity index (χ2n) is 3.98. The van der Waals surface area contributed by atoms with Crippen LogP contribution in [0.4, 0.5) is 0 Å². The number of rotatable bonds is 0. The Morgan fingerprint density at radius 1 is 1.27 bits per heavy atom. The molecular weight excluding hydrogens is 491 g/mol. The summed E-state index contributed by atoms with van der Waals surface area (Å²) in [5, 5.41) is 8.36. The molecule has 0 saturated carbocycles. The van der Waals surface area contributed by atoms with Gasteiger partial charge < -0.3 is 20.2 Å². The van der Waals surface area contributed by atoms with Crippen LogP contribution in [0.25, 0.3) is 11.0 Å². The third kappa shape index (κ3) is 3.33. The van der Waals surface area contributed by atoms with Crippen molar-refractivity contribution in [3.05, 3.63) is 18.2 Å². The molecule has 75 valence electrons. The average molecular weight is 501 g/mol. The summed E-state index contributed by atoms with van der Waals surface area (Å²) < 4.78 is 0. The quantitative estimate of drug-likeness (QED) is 0.508. The monoisotopic (exact) mass is 501 g/mol. The summed E-state index contributed by atoms with van der Waals surface area (Å²) in [4.78, 5) is 8.23. The third-order valence-corrected chi connectivity index (χ3v) is 1.84. The van der Waals surface area contributed by atoms with Crippen LogP contribution in [0.3, 0.4) is 0 Å². The Balaban J connectivity index is 0.000000980. The van der Waals surface area contributed by atoms with Crippen LogP contribution in [-0.2, 0) is 38.1 Å². The average Bonchev–Trinajstić information content (AvgIpc) is 2.48. The van der Waals surface area contributed by atoms with E-state index >= 15 is 0 Å². The number of hydrogen-bond donors (Lipinski definition) is 0. The van der Waals surface area contributed by atoms with Crippen molar-refractivity contribution in [3.8, 4) is 0 Å². The van der Waals surface area contributed by atoms with Crippen molar-refractivity contribution < 1.29 is 63.8 Å². The molecule has 0 bridgehead atoms. The molecular formula is C9H10N4UY-2. The van der Waals surface area contributed by atoms with E-state index in [1.807, 2.05) is 0 Å². The Hall–Kier alpha value is 0.706. The van der Waals surface area contributed by atoms with E-state index in [0.29, 0.717) is 5.65 Å². The molecule has 6 heteroatoms. The zero-order chi connectivity index (χ0) is 9.47. The van der Waals surface area contributed by atoms with Gasteiger partial charge in [0.2, 0.25) is 0 Å². The van der Waals surface area contributed by atoms with E-state index in [1.165, 1.54) is 6.33 Å². The van der Waals surface area contributed by atoms with Gasteiger partial charge in [-0.1, -0.05) is 32.7 Å². The molecule has 0 aromatic carbocycles. The molecule has 0 atom stereocenters. The van der Waals surface area contributed by atoms with Gasteiger partial charge in [0.15, 0.2) is 0 Å². The predicted molar refractivity (Wildman–Crippen MR) is 48.2 cm³/mol. The molecule has 4 nitrogen and oxygen atoms in total. The normalized spacial score (nSPS) is 10.6. The number of nitrogens with zero attached hydrogens (tertiary/aromatic N) is 4. The summed E-state index contributed by atoms with van der Waals surface area (Å²) in [6.07, 6.45) is 4.33. The summed E-state index contributed by atoms with van der Waals surface area (Å²) in [5.74, 6) is 0. The molecule has 0 aliphatic heterocycles. The molecule has 2 rings (SSSR count). The second kappa shape index (κ2) is 5.86. The van der Waals surface area contributed by atoms with Gasteiger partial charge >= 0.3 is 0 Å². The van der Waals surface area contributed by atoms with Gasteiger partial charge in [-0.15, -0.1) is 0 Å². The molecule has 0 saturated heterocycles. The van der Waals surface area contributed by atoms with E-state index in [0.717, 1.165) is 11.1 Å². The summed E-state index contributed by atoms with van der Waals surface area (Å²) in [6.45, 7) is 6.28. The smallest absolute Gasteiger partial charge is 0 e. The molecule has 2 aromatic heterocycles. The number of hydrogen-bond acceptors (Lipinski definition) is 3. The first-order valence-electron chi connectivity index (χ1n) is 4.11. The molecule has 2 aromatic rings. The van der Waals surface area contributed by atoms with Crippen LogP contribution in [0.2, 0.25) is 0 Å².